The van der Waals surface area contributed by atoms with Crippen LogP contribution in [-0.4, -0.2) is 30.3 Å². The Hall–Kier alpha value is -1.39. The van der Waals surface area contributed by atoms with Crippen molar-refractivity contribution in [2.24, 2.45) is 23.7 Å². The lowest BCUT2D eigenvalue weighted by Crippen LogP contribution is -2.44. The highest BCUT2D eigenvalue weighted by molar-refractivity contribution is 5.88. The van der Waals surface area contributed by atoms with Crippen LogP contribution >= 0.6 is 0 Å². The summed E-state index contributed by atoms with van der Waals surface area (Å²) in [5, 5.41) is 3.00. The summed E-state index contributed by atoms with van der Waals surface area (Å²) in [7, 11) is 0. The van der Waals surface area contributed by atoms with Crippen LogP contribution in [0.5, 0.6) is 0 Å². The third-order valence-corrected chi connectivity index (χ3v) is 6.18. The molecule has 0 aliphatic heterocycles. The summed E-state index contributed by atoms with van der Waals surface area (Å²) in [6.45, 7) is 1.97. The Bertz CT molecular complexity index is 488. The minimum atomic E-state index is -0.300. The first-order chi connectivity index (χ1) is 11.5. The summed E-state index contributed by atoms with van der Waals surface area (Å²) in [6, 6.07) is 0.205. The molecule has 0 heterocycles. The second-order valence-corrected chi connectivity index (χ2v) is 7.94. The van der Waals surface area contributed by atoms with E-state index in [-0.39, 0.29) is 42.3 Å². The summed E-state index contributed by atoms with van der Waals surface area (Å²) in [5.74, 6) is 0.190. The van der Waals surface area contributed by atoms with Crippen molar-refractivity contribution in [1.29, 1.82) is 0 Å². The average Bonchev–Trinajstić information content (AvgIpc) is 2.54. The summed E-state index contributed by atoms with van der Waals surface area (Å²) in [5.41, 5.74) is 0. The lowest BCUT2D eigenvalue weighted by molar-refractivity contribution is -0.157. The summed E-state index contributed by atoms with van der Waals surface area (Å²) in [6.07, 6.45) is 8.63. The molecule has 3 rings (SSSR count). The monoisotopic (exact) mass is 335 g/mol. The molecule has 3 aliphatic carbocycles. The molecule has 5 atom stereocenters. The Morgan fingerprint density at radius 2 is 1.71 bits per heavy atom. The number of fused-ring (bicyclic) bond motifs is 2. The zero-order valence-corrected chi connectivity index (χ0v) is 14.6. The van der Waals surface area contributed by atoms with E-state index in [2.05, 4.69) is 12.2 Å². The first-order valence-electron chi connectivity index (χ1n) is 9.54. The standard InChI is InChI=1S/C19H29NO4/c1-12-5-2-3-8-16(12)20-17(21)11-24-19(23)15-9-13-6-4-7-14(10-15)18(13)22/h12-16H,2-11H2,1H3,(H,20,21)/t12-,13-,14+,15?,16-/m0/s1. The molecule has 3 saturated carbocycles. The van der Waals surface area contributed by atoms with Gasteiger partial charge in [0.1, 0.15) is 5.78 Å². The molecule has 134 valence electrons. The van der Waals surface area contributed by atoms with Gasteiger partial charge in [-0.05, 0) is 44.4 Å². The zero-order valence-electron chi connectivity index (χ0n) is 14.6. The number of Topliss-reactive ketones (excluding diaryl/α,β-unsaturated/α-hetero) is 1. The number of carbonyl (C=O) groups excluding carboxylic acids is 3. The maximum Gasteiger partial charge on any atom is 0.309 e. The highest BCUT2D eigenvalue weighted by Gasteiger charge is 2.41. The van der Waals surface area contributed by atoms with Crippen LogP contribution in [0.4, 0.5) is 0 Å². The van der Waals surface area contributed by atoms with Gasteiger partial charge >= 0.3 is 5.97 Å². The van der Waals surface area contributed by atoms with Gasteiger partial charge in [0, 0.05) is 17.9 Å². The third-order valence-electron chi connectivity index (χ3n) is 6.18. The molecule has 1 amide bonds. The van der Waals surface area contributed by atoms with Gasteiger partial charge in [-0.3, -0.25) is 14.4 Å². The van der Waals surface area contributed by atoms with Crippen molar-refractivity contribution in [3.05, 3.63) is 0 Å². The summed E-state index contributed by atoms with van der Waals surface area (Å²) in [4.78, 5) is 36.4. The molecule has 1 unspecified atom stereocenters. The average molecular weight is 335 g/mol. The molecule has 0 aromatic carbocycles. The Morgan fingerprint density at radius 3 is 2.38 bits per heavy atom. The van der Waals surface area contributed by atoms with Gasteiger partial charge in [0.15, 0.2) is 6.61 Å². The van der Waals surface area contributed by atoms with E-state index < -0.39 is 0 Å². The van der Waals surface area contributed by atoms with Gasteiger partial charge in [-0.15, -0.1) is 0 Å². The number of ether oxygens (including phenoxy) is 1. The minimum absolute atomic E-state index is 0.0342. The number of rotatable bonds is 4. The molecule has 0 saturated heterocycles. The van der Waals surface area contributed by atoms with Crippen molar-refractivity contribution in [2.45, 2.75) is 70.8 Å². The van der Waals surface area contributed by atoms with Crippen molar-refractivity contribution >= 4 is 17.7 Å². The van der Waals surface area contributed by atoms with Crippen molar-refractivity contribution in [3.8, 4) is 0 Å². The van der Waals surface area contributed by atoms with Crippen molar-refractivity contribution in [3.63, 3.8) is 0 Å². The topological polar surface area (TPSA) is 72.5 Å². The lowest BCUT2D eigenvalue weighted by Gasteiger charge is -2.36. The van der Waals surface area contributed by atoms with Crippen LogP contribution in [-0.2, 0) is 19.1 Å². The van der Waals surface area contributed by atoms with Gasteiger partial charge in [0.05, 0.1) is 5.92 Å². The molecule has 0 aromatic heterocycles. The fourth-order valence-electron chi connectivity index (χ4n) is 4.71. The van der Waals surface area contributed by atoms with E-state index in [4.69, 9.17) is 4.74 Å². The molecule has 24 heavy (non-hydrogen) atoms. The summed E-state index contributed by atoms with van der Waals surface area (Å²) >= 11 is 0. The van der Waals surface area contributed by atoms with Gasteiger partial charge in [0.2, 0.25) is 0 Å². The normalized spacial score (nSPS) is 36.0. The molecule has 0 aromatic rings. The molecular weight excluding hydrogens is 306 g/mol. The van der Waals surface area contributed by atoms with Crippen molar-refractivity contribution in [2.75, 3.05) is 6.61 Å². The molecule has 0 spiro atoms. The molecule has 3 aliphatic rings. The second kappa shape index (κ2) is 7.66. The predicted molar refractivity (Wildman–Crippen MR) is 89.1 cm³/mol. The van der Waals surface area contributed by atoms with Crippen LogP contribution in [0.15, 0.2) is 0 Å². The van der Waals surface area contributed by atoms with Gasteiger partial charge in [-0.25, -0.2) is 0 Å². The van der Waals surface area contributed by atoms with Crippen LogP contribution in [0.2, 0.25) is 0 Å². The van der Waals surface area contributed by atoms with Gasteiger partial charge in [0.25, 0.3) is 5.91 Å². The number of esters is 1. The first kappa shape index (κ1) is 17.4. The van der Waals surface area contributed by atoms with E-state index in [1.165, 1.54) is 6.42 Å². The number of carbonyl (C=O) groups is 3. The Kier molecular flexibility index (Phi) is 5.57. The van der Waals surface area contributed by atoms with E-state index in [1.807, 2.05) is 0 Å². The third kappa shape index (κ3) is 3.98. The second-order valence-electron chi connectivity index (χ2n) is 7.94. The number of hydrogen-bond donors (Lipinski definition) is 1. The van der Waals surface area contributed by atoms with Crippen molar-refractivity contribution < 1.29 is 19.1 Å². The Balaban J connectivity index is 1.43. The molecule has 5 nitrogen and oxygen atoms in total. The zero-order chi connectivity index (χ0) is 17.1. The Labute approximate surface area is 143 Å². The van der Waals surface area contributed by atoms with Gasteiger partial charge in [-0.1, -0.05) is 26.2 Å². The van der Waals surface area contributed by atoms with Crippen LogP contribution in [0.3, 0.4) is 0 Å². The molecule has 1 N–H and O–H groups in total. The Morgan fingerprint density at radius 1 is 1.04 bits per heavy atom. The van der Waals surface area contributed by atoms with E-state index in [0.717, 1.165) is 38.5 Å². The first-order valence-corrected chi connectivity index (χ1v) is 9.54. The number of amides is 1. The number of nitrogens with one attached hydrogen (secondary N) is 1. The van der Waals surface area contributed by atoms with Crippen LogP contribution in [0, 0.1) is 23.7 Å². The molecule has 3 fully saturated rings. The summed E-state index contributed by atoms with van der Waals surface area (Å²) < 4.78 is 5.26. The highest BCUT2D eigenvalue weighted by Crippen LogP contribution is 2.40. The fraction of sp³-hybridized carbons (Fsp3) is 0.842. The quantitative estimate of drug-likeness (QED) is 0.802. The maximum atomic E-state index is 12.3. The highest BCUT2D eigenvalue weighted by atomic mass is 16.5. The van der Waals surface area contributed by atoms with Crippen LogP contribution in [0.1, 0.15) is 64.7 Å². The molecule has 2 bridgehead atoms. The predicted octanol–water partition coefficient (Wildman–Crippen LogP) is 2.62. The van der Waals surface area contributed by atoms with E-state index in [1.54, 1.807) is 0 Å². The largest absolute Gasteiger partial charge is 0.455 e. The smallest absolute Gasteiger partial charge is 0.309 e. The molecule has 0 radical (unpaired) electrons. The van der Waals surface area contributed by atoms with Crippen molar-refractivity contribution in [1.82, 2.24) is 5.32 Å². The minimum Gasteiger partial charge on any atom is -0.455 e. The maximum absolute atomic E-state index is 12.3. The van der Waals surface area contributed by atoms with E-state index in [9.17, 15) is 14.4 Å². The number of ketones is 1. The fourth-order valence-corrected chi connectivity index (χ4v) is 4.71. The molecule has 5 heteroatoms. The van der Waals surface area contributed by atoms with Crippen LogP contribution in [0.25, 0.3) is 0 Å². The van der Waals surface area contributed by atoms with E-state index >= 15 is 0 Å². The number of hydrogen-bond acceptors (Lipinski definition) is 4. The molecular formula is C19H29NO4. The van der Waals surface area contributed by atoms with Gasteiger partial charge in [-0.2, -0.15) is 0 Å². The van der Waals surface area contributed by atoms with Gasteiger partial charge < -0.3 is 10.1 Å². The van der Waals surface area contributed by atoms with E-state index in [0.29, 0.717) is 24.5 Å². The lowest BCUT2D eigenvalue weighted by atomic mass is 9.67. The SMILES string of the molecule is C[C@H]1CCCC[C@@H]1NC(=O)COC(=O)C1C[C@H]2CCC[C@@H](C1)C2=O. The van der Waals surface area contributed by atoms with Crippen LogP contribution < -0.4 is 5.32 Å².